The smallest absolute Gasteiger partial charge is 0.243 e. The van der Waals surface area contributed by atoms with Gasteiger partial charge in [0.1, 0.15) is 16.3 Å². The molecule has 22 heavy (non-hydrogen) atoms. The molecule has 1 heterocycles. The van der Waals surface area contributed by atoms with Crippen molar-refractivity contribution in [3.05, 3.63) is 35.6 Å². The maximum Gasteiger partial charge on any atom is 0.243 e. The molecule has 0 saturated heterocycles. The molecule has 2 rings (SSSR count). The Bertz CT molecular complexity index is 745. The van der Waals surface area contributed by atoms with Crippen LogP contribution in [0.1, 0.15) is 0 Å². The molecule has 1 aromatic carbocycles. The number of hydrogen-bond donors (Lipinski definition) is 1. The molecule has 9 heteroatoms. The highest BCUT2D eigenvalue weighted by Gasteiger charge is 2.17. The number of methoxy groups -OCH3 is 2. The average Bonchev–Trinajstić information content (AvgIpc) is 2.98. The topological polar surface area (TPSA) is 82.5 Å². The lowest BCUT2D eigenvalue weighted by Gasteiger charge is -2.08. The van der Waals surface area contributed by atoms with Crippen LogP contribution in [0, 0.1) is 0 Å². The molecule has 0 fully saturated rings. The van der Waals surface area contributed by atoms with Gasteiger partial charge in [-0.25, -0.2) is 17.8 Å². The number of sulfonamides is 1. The number of nitrogens with zero attached hydrogens (tertiary/aromatic N) is 2. The molecular formula is C13H16ClN3O4S. The van der Waals surface area contributed by atoms with Gasteiger partial charge in [-0.2, -0.15) is 5.10 Å². The van der Waals surface area contributed by atoms with Gasteiger partial charge in [-0.15, -0.1) is 0 Å². The van der Waals surface area contributed by atoms with E-state index in [-0.39, 0.29) is 18.0 Å². The SMILES string of the molecule is COCCNS(=O)(=O)c1cnn(-c2cc(Cl)ccc2OC)c1. The Labute approximate surface area is 133 Å². The fraction of sp³-hybridized carbons (Fsp3) is 0.308. The van der Waals surface area contributed by atoms with Gasteiger partial charge in [0.2, 0.25) is 10.0 Å². The third-order valence-electron chi connectivity index (χ3n) is 2.86. The monoisotopic (exact) mass is 345 g/mol. The minimum atomic E-state index is -3.64. The van der Waals surface area contributed by atoms with Gasteiger partial charge in [0, 0.05) is 18.7 Å². The first kappa shape index (κ1) is 16.8. The Morgan fingerprint density at radius 3 is 2.82 bits per heavy atom. The van der Waals surface area contributed by atoms with Gasteiger partial charge in [-0.3, -0.25) is 0 Å². The van der Waals surface area contributed by atoms with E-state index in [1.54, 1.807) is 18.2 Å². The van der Waals surface area contributed by atoms with Gasteiger partial charge >= 0.3 is 0 Å². The summed E-state index contributed by atoms with van der Waals surface area (Å²) < 4.78 is 38.0. The highest BCUT2D eigenvalue weighted by molar-refractivity contribution is 7.89. The Morgan fingerprint density at radius 2 is 2.14 bits per heavy atom. The van der Waals surface area contributed by atoms with Crippen LogP contribution in [0.15, 0.2) is 35.5 Å². The summed E-state index contributed by atoms with van der Waals surface area (Å²) in [4.78, 5) is 0.0469. The largest absolute Gasteiger partial charge is 0.494 e. The molecular weight excluding hydrogens is 330 g/mol. The fourth-order valence-electron chi connectivity index (χ4n) is 1.78. The van der Waals surface area contributed by atoms with Crippen LogP contribution < -0.4 is 9.46 Å². The maximum absolute atomic E-state index is 12.1. The summed E-state index contributed by atoms with van der Waals surface area (Å²) >= 11 is 5.96. The zero-order valence-corrected chi connectivity index (χ0v) is 13.7. The summed E-state index contributed by atoms with van der Waals surface area (Å²) in [5.41, 5.74) is 0.549. The molecule has 2 aromatic rings. The van der Waals surface area contributed by atoms with Crippen LogP contribution >= 0.6 is 11.6 Å². The van der Waals surface area contributed by atoms with Crippen molar-refractivity contribution in [2.45, 2.75) is 4.90 Å². The second kappa shape index (κ2) is 7.10. The van der Waals surface area contributed by atoms with Gasteiger partial charge < -0.3 is 9.47 Å². The Hall–Kier alpha value is -1.61. The summed E-state index contributed by atoms with van der Waals surface area (Å²) in [5.74, 6) is 0.531. The standard InChI is InChI=1S/C13H16ClN3O4S/c1-20-6-5-16-22(18,19)11-8-15-17(9-11)12-7-10(14)3-4-13(12)21-2/h3-4,7-9,16H,5-6H2,1-2H3. The minimum absolute atomic E-state index is 0.0469. The number of ether oxygens (including phenoxy) is 2. The summed E-state index contributed by atoms with van der Waals surface area (Å²) in [5, 5.41) is 4.55. The van der Waals surface area contributed by atoms with E-state index in [1.807, 2.05) is 0 Å². The number of hydrogen-bond acceptors (Lipinski definition) is 5. The van der Waals surface area contributed by atoms with Crippen LogP contribution in [-0.2, 0) is 14.8 Å². The first-order valence-electron chi connectivity index (χ1n) is 6.35. The zero-order chi connectivity index (χ0) is 16.2. The molecule has 120 valence electrons. The third-order valence-corrected chi connectivity index (χ3v) is 4.51. The molecule has 0 bridgehead atoms. The molecule has 0 aliphatic heterocycles. The van der Waals surface area contributed by atoms with E-state index in [9.17, 15) is 8.42 Å². The third kappa shape index (κ3) is 3.77. The van der Waals surface area contributed by atoms with Crippen molar-refractivity contribution < 1.29 is 17.9 Å². The van der Waals surface area contributed by atoms with E-state index in [2.05, 4.69) is 9.82 Å². The second-order valence-electron chi connectivity index (χ2n) is 4.33. The normalized spacial score (nSPS) is 11.6. The first-order valence-corrected chi connectivity index (χ1v) is 8.21. The van der Waals surface area contributed by atoms with Crippen LogP contribution in [0.4, 0.5) is 0 Å². The van der Waals surface area contributed by atoms with Crippen LogP contribution in [-0.4, -0.2) is 45.6 Å². The van der Waals surface area contributed by atoms with Crippen molar-refractivity contribution >= 4 is 21.6 Å². The number of rotatable bonds is 7. The maximum atomic E-state index is 12.1. The average molecular weight is 346 g/mol. The highest BCUT2D eigenvalue weighted by Crippen LogP contribution is 2.26. The molecule has 1 N–H and O–H groups in total. The van der Waals surface area contributed by atoms with E-state index in [4.69, 9.17) is 21.1 Å². The van der Waals surface area contributed by atoms with Crippen molar-refractivity contribution in [3.8, 4) is 11.4 Å². The predicted octanol–water partition coefficient (Wildman–Crippen LogP) is 1.46. The van der Waals surface area contributed by atoms with Gasteiger partial charge in [0.05, 0.1) is 26.1 Å². The second-order valence-corrected chi connectivity index (χ2v) is 6.53. The van der Waals surface area contributed by atoms with Crippen molar-refractivity contribution in [1.82, 2.24) is 14.5 Å². The zero-order valence-electron chi connectivity index (χ0n) is 12.1. The molecule has 0 amide bonds. The molecule has 0 aliphatic rings. The first-order chi connectivity index (χ1) is 10.5. The van der Waals surface area contributed by atoms with Crippen molar-refractivity contribution in [2.75, 3.05) is 27.4 Å². The lowest BCUT2D eigenvalue weighted by Crippen LogP contribution is -2.26. The fourth-order valence-corrected chi connectivity index (χ4v) is 2.89. The minimum Gasteiger partial charge on any atom is -0.494 e. The van der Waals surface area contributed by atoms with Crippen molar-refractivity contribution in [2.24, 2.45) is 0 Å². The molecule has 0 unspecified atom stereocenters. The molecule has 0 radical (unpaired) electrons. The molecule has 0 saturated carbocycles. The van der Waals surface area contributed by atoms with Gasteiger partial charge in [0.25, 0.3) is 0 Å². The molecule has 0 spiro atoms. The molecule has 1 aromatic heterocycles. The van der Waals surface area contributed by atoms with Gasteiger partial charge in [-0.1, -0.05) is 11.6 Å². The van der Waals surface area contributed by atoms with Gasteiger partial charge in [-0.05, 0) is 18.2 Å². The van der Waals surface area contributed by atoms with Crippen LogP contribution in [0.2, 0.25) is 5.02 Å². The lowest BCUT2D eigenvalue weighted by atomic mass is 10.3. The van der Waals surface area contributed by atoms with E-state index < -0.39 is 10.0 Å². The summed E-state index contributed by atoms with van der Waals surface area (Å²) in [6.45, 7) is 0.472. The molecule has 7 nitrogen and oxygen atoms in total. The Balaban J connectivity index is 2.30. The van der Waals surface area contributed by atoms with Crippen molar-refractivity contribution in [1.29, 1.82) is 0 Å². The Morgan fingerprint density at radius 1 is 1.36 bits per heavy atom. The number of aromatic nitrogens is 2. The summed E-state index contributed by atoms with van der Waals surface area (Å²) in [6.07, 6.45) is 2.65. The van der Waals surface area contributed by atoms with Gasteiger partial charge in [0.15, 0.2) is 0 Å². The lowest BCUT2D eigenvalue weighted by molar-refractivity contribution is 0.204. The van der Waals surface area contributed by atoms with E-state index in [1.165, 1.54) is 31.3 Å². The van der Waals surface area contributed by atoms with Crippen LogP contribution in [0.3, 0.4) is 0 Å². The number of benzene rings is 1. The van der Waals surface area contributed by atoms with E-state index >= 15 is 0 Å². The quantitative estimate of drug-likeness (QED) is 0.768. The Kier molecular flexibility index (Phi) is 5.41. The summed E-state index contributed by atoms with van der Waals surface area (Å²) in [7, 11) is -0.625. The number of nitrogens with one attached hydrogen (secondary N) is 1. The molecule has 0 atom stereocenters. The van der Waals surface area contributed by atoms with Crippen molar-refractivity contribution in [3.63, 3.8) is 0 Å². The van der Waals surface area contributed by atoms with Crippen LogP contribution in [0.5, 0.6) is 5.75 Å². The predicted molar refractivity (Wildman–Crippen MR) is 82.2 cm³/mol. The summed E-state index contributed by atoms with van der Waals surface area (Å²) in [6, 6.07) is 5.00. The van der Waals surface area contributed by atoms with E-state index in [0.717, 1.165) is 0 Å². The van der Waals surface area contributed by atoms with E-state index in [0.29, 0.717) is 16.5 Å². The molecule has 0 aliphatic carbocycles. The van der Waals surface area contributed by atoms with Crippen LogP contribution in [0.25, 0.3) is 5.69 Å². The number of halogens is 1. The highest BCUT2D eigenvalue weighted by atomic mass is 35.5.